The first kappa shape index (κ1) is 23.4. The average molecular weight is 393 g/mol. The largest absolute Gasteiger partial charge is 0.469 e. The number of amides is 2. The zero-order valence-electron chi connectivity index (χ0n) is 17.0. The molecule has 1 rings (SSSR count). The highest BCUT2D eigenvalue weighted by Crippen LogP contribution is 2.18. The van der Waals surface area contributed by atoms with Crippen molar-refractivity contribution in [2.75, 3.05) is 19.0 Å². The fraction of sp³-hybridized carbons (Fsp3) is 0.550. The maximum atomic E-state index is 12.8. The maximum Gasteiger partial charge on any atom is 0.408 e. The molecule has 8 heteroatoms. The normalized spacial score (nSPS) is 12.0. The number of aryl methyl sites for hydroxylation is 1. The number of nitrogens with two attached hydrogens (primary N) is 1. The van der Waals surface area contributed by atoms with Gasteiger partial charge in [0.15, 0.2) is 0 Å². The molecule has 0 aliphatic heterocycles. The maximum absolute atomic E-state index is 12.8. The van der Waals surface area contributed by atoms with Crippen LogP contribution in [-0.2, 0) is 25.5 Å². The molecule has 0 aliphatic carbocycles. The summed E-state index contributed by atoms with van der Waals surface area (Å²) in [4.78, 5) is 36.2. The molecule has 1 atom stereocenters. The van der Waals surface area contributed by atoms with Crippen LogP contribution in [0.5, 0.6) is 0 Å². The molecule has 1 aromatic carbocycles. The Labute approximate surface area is 166 Å². The van der Waals surface area contributed by atoms with Crippen molar-refractivity contribution >= 4 is 23.7 Å². The first-order valence-electron chi connectivity index (χ1n) is 9.31. The summed E-state index contributed by atoms with van der Waals surface area (Å²) in [6.07, 6.45) is 0.916. The molecule has 156 valence electrons. The van der Waals surface area contributed by atoms with Gasteiger partial charge in [0.1, 0.15) is 11.6 Å². The van der Waals surface area contributed by atoms with Crippen molar-refractivity contribution in [3.8, 4) is 0 Å². The van der Waals surface area contributed by atoms with Crippen LogP contribution in [0.3, 0.4) is 0 Å². The minimum absolute atomic E-state index is 0.205. The molecule has 1 aromatic rings. The Morgan fingerprint density at radius 2 is 1.86 bits per heavy atom. The van der Waals surface area contributed by atoms with Gasteiger partial charge < -0.3 is 25.8 Å². The highest BCUT2D eigenvalue weighted by atomic mass is 16.6. The summed E-state index contributed by atoms with van der Waals surface area (Å²) in [6.45, 7) is 5.65. The third kappa shape index (κ3) is 8.85. The molecular weight excluding hydrogens is 362 g/mol. The lowest BCUT2D eigenvalue weighted by Crippen LogP contribution is -2.46. The topological polar surface area (TPSA) is 120 Å². The third-order valence-corrected chi connectivity index (χ3v) is 3.81. The Hall–Kier alpha value is -2.61. The van der Waals surface area contributed by atoms with Gasteiger partial charge in [-0.25, -0.2) is 4.79 Å². The van der Waals surface area contributed by atoms with Gasteiger partial charge >= 0.3 is 12.1 Å². The number of anilines is 1. The predicted molar refractivity (Wildman–Crippen MR) is 107 cm³/mol. The third-order valence-electron chi connectivity index (χ3n) is 3.81. The molecule has 0 bridgehead atoms. The van der Waals surface area contributed by atoms with Crippen molar-refractivity contribution in [3.63, 3.8) is 0 Å². The number of benzene rings is 1. The van der Waals surface area contributed by atoms with Crippen molar-refractivity contribution in [1.29, 1.82) is 0 Å². The zero-order valence-corrected chi connectivity index (χ0v) is 17.0. The van der Waals surface area contributed by atoms with Gasteiger partial charge in [0.2, 0.25) is 5.91 Å². The Balaban J connectivity index is 2.84. The van der Waals surface area contributed by atoms with E-state index in [0.717, 1.165) is 5.56 Å². The number of methoxy groups -OCH3 is 1. The molecule has 0 unspecified atom stereocenters. The van der Waals surface area contributed by atoms with Gasteiger partial charge in [-0.2, -0.15) is 0 Å². The minimum atomic E-state index is -0.785. The van der Waals surface area contributed by atoms with Crippen LogP contribution in [-0.4, -0.2) is 43.3 Å². The van der Waals surface area contributed by atoms with E-state index in [9.17, 15) is 14.4 Å². The van der Waals surface area contributed by atoms with E-state index in [-0.39, 0.29) is 18.3 Å². The highest BCUT2D eigenvalue weighted by Gasteiger charge is 2.24. The van der Waals surface area contributed by atoms with Crippen LogP contribution in [0.1, 0.15) is 45.6 Å². The fourth-order valence-electron chi connectivity index (χ4n) is 2.46. The summed E-state index contributed by atoms with van der Waals surface area (Å²) in [6, 6.07) is 6.40. The van der Waals surface area contributed by atoms with E-state index in [4.69, 9.17) is 10.5 Å². The lowest BCUT2D eigenvalue weighted by molar-refractivity contribution is -0.140. The van der Waals surface area contributed by atoms with Crippen LogP contribution in [0.2, 0.25) is 0 Å². The van der Waals surface area contributed by atoms with Gasteiger partial charge in [0.25, 0.3) is 0 Å². The van der Waals surface area contributed by atoms with E-state index in [1.165, 1.54) is 7.11 Å². The molecule has 8 nitrogen and oxygen atoms in total. The number of hydrogen-bond acceptors (Lipinski definition) is 6. The van der Waals surface area contributed by atoms with Gasteiger partial charge in [0, 0.05) is 12.1 Å². The monoisotopic (exact) mass is 393 g/mol. The van der Waals surface area contributed by atoms with E-state index in [1.54, 1.807) is 32.9 Å². The first-order valence-corrected chi connectivity index (χ1v) is 9.31. The average Bonchev–Trinajstić information content (AvgIpc) is 2.62. The summed E-state index contributed by atoms with van der Waals surface area (Å²) in [5.74, 6) is -0.696. The van der Waals surface area contributed by atoms with Crippen molar-refractivity contribution in [3.05, 3.63) is 29.8 Å². The zero-order chi connectivity index (χ0) is 21.2. The molecule has 0 fully saturated rings. The standard InChI is InChI=1S/C20H31N3O5/c1-20(2,3)28-19(26)23-16(10-7-13-21)18(25)22-15-9-6-5-8-14(15)11-12-17(24)27-4/h5-6,8-9,16H,7,10-13,21H2,1-4H3,(H,22,25)(H,23,26)/t16-/m0/s1. The smallest absolute Gasteiger partial charge is 0.408 e. The van der Waals surface area contributed by atoms with Crippen molar-refractivity contribution in [2.45, 2.75) is 58.1 Å². The van der Waals surface area contributed by atoms with E-state index in [0.29, 0.717) is 31.5 Å². The molecule has 0 radical (unpaired) electrons. The molecular formula is C20H31N3O5. The summed E-state index contributed by atoms with van der Waals surface area (Å²) >= 11 is 0. The van der Waals surface area contributed by atoms with Crippen LogP contribution >= 0.6 is 0 Å². The Morgan fingerprint density at radius 1 is 1.18 bits per heavy atom. The Morgan fingerprint density at radius 3 is 2.46 bits per heavy atom. The summed E-state index contributed by atoms with van der Waals surface area (Å²) in [5, 5.41) is 5.43. The van der Waals surface area contributed by atoms with Gasteiger partial charge in [-0.05, 0) is 58.2 Å². The quantitative estimate of drug-likeness (QED) is 0.554. The predicted octanol–water partition coefficient (Wildman–Crippen LogP) is 2.36. The second-order valence-electron chi connectivity index (χ2n) is 7.35. The number of rotatable bonds is 9. The molecule has 2 amide bonds. The van der Waals surface area contributed by atoms with E-state index in [2.05, 4.69) is 15.4 Å². The molecule has 0 heterocycles. The van der Waals surface area contributed by atoms with E-state index in [1.807, 2.05) is 12.1 Å². The number of para-hydroxylation sites is 1. The van der Waals surface area contributed by atoms with E-state index >= 15 is 0 Å². The second-order valence-corrected chi connectivity index (χ2v) is 7.35. The summed E-state index contributed by atoms with van der Waals surface area (Å²) < 4.78 is 9.90. The number of hydrogen-bond donors (Lipinski definition) is 3. The first-order chi connectivity index (χ1) is 13.2. The summed E-state index contributed by atoms with van der Waals surface area (Å²) in [5.41, 5.74) is 6.27. The lowest BCUT2D eigenvalue weighted by Gasteiger charge is -2.23. The molecule has 4 N–H and O–H groups in total. The number of carbonyl (C=O) groups excluding carboxylic acids is 3. The van der Waals surface area contributed by atoms with Gasteiger partial charge in [-0.1, -0.05) is 18.2 Å². The summed E-state index contributed by atoms with van der Waals surface area (Å²) in [7, 11) is 1.33. The molecule has 0 aromatic heterocycles. The molecule has 0 spiro atoms. The Bertz CT molecular complexity index is 670. The number of ether oxygens (including phenoxy) is 2. The highest BCUT2D eigenvalue weighted by molar-refractivity contribution is 5.97. The van der Waals surface area contributed by atoms with Crippen LogP contribution < -0.4 is 16.4 Å². The molecule has 0 saturated carbocycles. The van der Waals surface area contributed by atoms with Gasteiger partial charge in [-0.15, -0.1) is 0 Å². The van der Waals surface area contributed by atoms with Gasteiger partial charge in [0.05, 0.1) is 7.11 Å². The molecule has 0 saturated heterocycles. The van der Waals surface area contributed by atoms with E-state index < -0.39 is 17.7 Å². The van der Waals surface area contributed by atoms with Crippen molar-refractivity contribution in [1.82, 2.24) is 5.32 Å². The van der Waals surface area contributed by atoms with Gasteiger partial charge in [-0.3, -0.25) is 9.59 Å². The number of esters is 1. The number of carbonyl (C=O) groups is 3. The fourth-order valence-corrected chi connectivity index (χ4v) is 2.46. The minimum Gasteiger partial charge on any atom is -0.469 e. The molecule has 0 aliphatic rings. The Kier molecular flexibility index (Phi) is 9.44. The van der Waals surface area contributed by atoms with Crippen LogP contribution in [0.4, 0.5) is 10.5 Å². The van der Waals surface area contributed by atoms with Crippen LogP contribution in [0.15, 0.2) is 24.3 Å². The van der Waals surface area contributed by atoms with Crippen LogP contribution in [0, 0.1) is 0 Å². The second kappa shape index (κ2) is 11.3. The number of alkyl carbamates (subject to hydrolysis) is 1. The van der Waals surface area contributed by atoms with Crippen LogP contribution in [0.25, 0.3) is 0 Å². The molecule has 28 heavy (non-hydrogen) atoms. The van der Waals surface area contributed by atoms with Crippen molar-refractivity contribution < 1.29 is 23.9 Å². The SMILES string of the molecule is COC(=O)CCc1ccccc1NC(=O)[C@H](CCCN)NC(=O)OC(C)(C)C. The lowest BCUT2D eigenvalue weighted by atomic mass is 10.1. The van der Waals surface area contributed by atoms with Crippen molar-refractivity contribution in [2.24, 2.45) is 5.73 Å². The number of nitrogens with one attached hydrogen (secondary N) is 2.